The molecule has 0 saturated carbocycles. The second-order valence-electron chi connectivity index (χ2n) is 3.74. The van der Waals surface area contributed by atoms with E-state index in [-0.39, 0.29) is 5.54 Å². The number of hydrogen-bond donors (Lipinski definition) is 0. The van der Waals surface area contributed by atoms with E-state index in [1.165, 1.54) is 0 Å². The number of aliphatic imine (C=N–C) groups is 2. The Morgan fingerprint density at radius 2 is 2.13 bits per heavy atom. The molecule has 80 valence electrons. The third-order valence-corrected chi connectivity index (χ3v) is 2.67. The molecular formula is C12H17N3. The van der Waals surface area contributed by atoms with Crippen molar-refractivity contribution in [3.63, 3.8) is 0 Å². The first kappa shape index (κ1) is 11.6. The van der Waals surface area contributed by atoms with E-state index in [0.29, 0.717) is 0 Å². The van der Waals surface area contributed by atoms with Gasteiger partial charge in [0.15, 0.2) is 0 Å². The molecule has 0 aromatic carbocycles. The van der Waals surface area contributed by atoms with Crippen LogP contribution in [-0.4, -0.2) is 16.5 Å². The largest absolute Gasteiger partial charge is 0.262 e. The maximum Gasteiger partial charge on any atom is 0.0955 e. The van der Waals surface area contributed by atoms with Crippen molar-refractivity contribution in [2.45, 2.75) is 39.2 Å². The lowest BCUT2D eigenvalue weighted by Gasteiger charge is -2.18. The number of aromatic nitrogens is 1. The van der Waals surface area contributed by atoms with Crippen molar-refractivity contribution in [2.24, 2.45) is 9.98 Å². The highest BCUT2D eigenvalue weighted by molar-refractivity contribution is 5.51. The second kappa shape index (κ2) is 5.42. The highest BCUT2D eigenvalue weighted by Crippen LogP contribution is 2.18. The Morgan fingerprint density at radius 3 is 2.67 bits per heavy atom. The lowest BCUT2D eigenvalue weighted by Crippen LogP contribution is -2.18. The Bertz CT molecular complexity index is 346. The fourth-order valence-electron chi connectivity index (χ4n) is 1.03. The summed E-state index contributed by atoms with van der Waals surface area (Å²) in [6.07, 6.45) is 5.41. The van der Waals surface area contributed by atoms with Crippen molar-refractivity contribution in [3.05, 3.63) is 24.5 Å². The predicted molar refractivity (Wildman–Crippen MR) is 62.7 cm³/mol. The van der Waals surface area contributed by atoms with Gasteiger partial charge in [0.25, 0.3) is 0 Å². The minimum Gasteiger partial charge on any atom is -0.262 e. The molecule has 1 aromatic rings. The molecule has 1 aromatic heterocycles. The van der Waals surface area contributed by atoms with Gasteiger partial charge < -0.3 is 0 Å². The van der Waals surface area contributed by atoms with Gasteiger partial charge in [0.1, 0.15) is 0 Å². The van der Waals surface area contributed by atoms with Crippen molar-refractivity contribution in [1.82, 2.24) is 4.98 Å². The summed E-state index contributed by atoms with van der Waals surface area (Å²) < 4.78 is 0. The van der Waals surface area contributed by atoms with Crippen LogP contribution in [0.15, 0.2) is 34.5 Å². The summed E-state index contributed by atoms with van der Waals surface area (Å²) in [6, 6.07) is 6.48. The highest BCUT2D eigenvalue weighted by atomic mass is 14.9. The molecule has 0 bridgehead atoms. The quantitative estimate of drug-likeness (QED) is 0.690. The predicted octanol–water partition coefficient (Wildman–Crippen LogP) is 3.47. The first-order valence-electron chi connectivity index (χ1n) is 5.28. The van der Waals surface area contributed by atoms with E-state index in [1.807, 2.05) is 12.1 Å². The van der Waals surface area contributed by atoms with E-state index in [9.17, 15) is 0 Å². The maximum atomic E-state index is 4.34. The zero-order chi connectivity index (χ0) is 11.1. The molecule has 0 atom stereocenters. The van der Waals surface area contributed by atoms with E-state index in [2.05, 4.69) is 41.7 Å². The van der Waals surface area contributed by atoms with Crippen LogP contribution in [0.5, 0.6) is 0 Å². The van der Waals surface area contributed by atoms with Crippen LogP contribution in [0, 0.1) is 0 Å². The zero-order valence-electron chi connectivity index (χ0n) is 9.57. The molecule has 15 heavy (non-hydrogen) atoms. The van der Waals surface area contributed by atoms with Crippen LogP contribution in [0.2, 0.25) is 0 Å². The summed E-state index contributed by atoms with van der Waals surface area (Å²) in [5, 5.41) is 0. The van der Waals surface area contributed by atoms with Gasteiger partial charge in [-0.05, 0) is 31.9 Å². The Balaban J connectivity index is 2.77. The van der Waals surface area contributed by atoms with Gasteiger partial charge >= 0.3 is 0 Å². The Hall–Kier alpha value is -1.47. The fraction of sp³-hybridized carbons (Fsp3) is 0.500. The molecule has 0 unspecified atom stereocenters. The van der Waals surface area contributed by atoms with Crippen molar-refractivity contribution < 1.29 is 0 Å². The molecule has 0 aliphatic carbocycles. The Kier molecular flexibility index (Phi) is 4.19. The molecular weight excluding hydrogens is 186 g/mol. The van der Waals surface area contributed by atoms with Gasteiger partial charge in [0.05, 0.1) is 23.4 Å². The third kappa shape index (κ3) is 3.64. The normalized spacial score (nSPS) is 10.6. The number of rotatable bonds is 4. The molecule has 0 fully saturated rings. The van der Waals surface area contributed by atoms with Crippen LogP contribution in [0.3, 0.4) is 0 Å². The van der Waals surface area contributed by atoms with Crippen molar-refractivity contribution in [1.29, 1.82) is 0 Å². The van der Waals surface area contributed by atoms with Crippen molar-refractivity contribution in [3.8, 4) is 0 Å². The molecule has 3 nitrogen and oxygen atoms in total. The summed E-state index contributed by atoms with van der Waals surface area (Å²) in [5.74, 6) is 0. The first-order valence-corrected chi connectivity index (χ1v) is 5.28. The van der Waals surface area contributed by atoms with Crippen molar-refractivity contribution in [2.75, 3.05) is 0 Å². The van der Waals surface area contributed by atoms with Crippen LogP contribution in [0.4, 0.5) is 5.69 Å². The van der Waals surface area contributed by atoms with Gasteiger partial charge in [-0.2, -0.15) is 4.99 Å². The molecule has 1 heterocycles. The standard InChI is InChI=1S/C12H17N3/c1-4-12(3,5-2)15-10-14-11-7-6-8-13-9-11/h6-9H,4-5H2,1-3H3. The van der Waals surface area contributed by atoms with E-state index in [4.69, 9.17) is 0 Å². The topological polar surface area (TPSA) is 37.6 Å². The van der Waals surface area contributed by atoms with Gasteiger partial charge in [0, 0.05) is 6.20 Å². The van der Waals surface area contributed by atoms with Gasteiger partial charge in [-0.25, -0.2) is 4.99 Å². The first-order chi connectivity index (χ1) is 7.20. The van der Waals surface area contributed by atoms with E-state index in [0.717, 1.165) is 18.5 Å². The lowest BCUT2D eigenvalue weighted by atomic mass is 9.97. The van der Waals surface area contributed by atoms with Gasteiger partial charge in [-0.3, -0.25) is 4.98 Å². The average Bonchev–Trinajstić information content (AvgIpc) is 2.30. The summed E-state index contributed by atoms with van der Waals surface area (Å²) >= 11 is 0. The smallest absolute Gasteiger partial charge is 0.0955 e. The molecule has 0 aliphatic heterocycles. The lowest BCUT2D eigenvalue weighted by molar-refractivity contribution is 0.443. The molecule has 0 aliphatic rings. The van der Waals surface area contributed by atoms with Gasteiger partial charge in [-0.15, -0.1) is 0 Å². The van der Waals surface area contributed by atoms with Gasteiger partial charge in [-0.1, -0.05) is 13.8 Å². The fourth-order valence-corrected chi connectivity index (χ4v) is 1.03. The third-order valence-electron chi connectivity index (χ3n) is 2.67. The van der Waals surface area contributed by atoms with Crippen molar-refractivity contribution >= 4 is 11.7 Å². The summed E-state index contributed by atoms with van der Waals surface area (Å²) in [5.41, 5.74) is 0.752. The Labute approximate surface area is 91.0 Å². The minimum atomic E-state index is -0.0360. The van der Waals surface area contributed by atoms with Crippen LogP contribution in [0.1, 0.15) is 33.6 Å². The van der Waals surface area contributed by atoms with Crippen LogP contribution < -0.4 is 0 Å². The van der Waals surface area contributed by atoms with Crippen LogP contribution >= 0.6 is 0 Å². The Morgan fingerprint density at radius 1 is 1.40 bits per heavy atom. The molecule has 0 amide bonds. The average molecular weight is 203 g/mol. The summed E-state index contributed by atoms with van der Waals surface area (Å²) in [4.78, 5) is 12.4. The maximum absolute atomic E-state index is 4.34. The number of hydrogen-bond acceptors (Lipinski definition) is 3. The monoisotopic (exact) mass is 203 g/mol. The number of pyridine rings is 1. The molecule has 3 heteroatoms. The minimum absolute atomic E-state index is 0.0360. The molecule has 0 spiro atoms. The van der Waals surface area contributed by atoms with Crippen LogP contribution in [-0.2, 0) is 0 Å². The second-order valence-corrected chi connectivity index (χ2v) is 3.74. The SMILES string of the molecule is CCC(C)(CC)N=C=Nc1cccnc1. The summed E-state index contributed by atoms with van der Waals surface area (Å²) in [6.45, 7) is 6.36. The summed E-state index contributed by atoms with van der Waals surface area (Å²) in [7, 11) is 0. The molecule has 0 saturated heterocycles. The number of nitrogens with zero attached hydrogens (tertiary/aromatic N) is 3. The van der Waals surface area contributed by atoms with E-state index < -0.39 is 0 Å². The van der Waals surface area contributed by atoms with Gasteiger partial charge in [0.2, 0.25) is 0 Å². The molecule has 0 radical (unpaired) electrons. The van der Waals surface area contributed by atoms with E-state index in [1.54, 1.807) is 12.4 Å². The molecule has 1 rings (SSSR count). The van der Waals surface area contributed by atoms with Crippen LogP contribution in [0.25, 0.3) is 0 Å². The highest BCUT2D eigenvalue weighted by Gasteiger charge is 2.16. The van der Waals surface area contributed by atoms with E-state index >= 15 is 0 Å². The molecule has 0 N–H and O–H groups in total. The zero-order valence-corrected chi connectivity index (χ0v) is 9.57.